The number of nitriles is 1. The van der Waals surface area contributed by atoms with Crippen molar-refractivity contribution in [2.75, 3.05) is 6.54 Å². The summed E-state index contributed by atoms with van der Waals surface area (Å²) in [7, 11) is 0. The number of tetrazole rings is 1. The lowest BCUT2D eigenvalue weighted by Gasteiger charge is -2.35. The van der Waals surface area contributed by atoms with E-state index in [0.29, 0.717) is 23.6 Å². The van der Waals surface area contributed by atoms with Crippen LogP contribution in [0.5, 0.6) is 0 Å². The lowest BCUT2D eigenvalue weighted by molar-refractivity contribution is 0.00842. The first-order valence-corrected chi connectivity index (χ1v) is 8.67. The van der Waals surface area contributed by atoms with Crippen LogP contribution in [0.1, 0.15) is 57.5 Å². The maximum Gasteiger partial charge on any atom is 0.410 e. The number of ether oxygens (including phenoxy) is 1. The molecule has 1 aromatic carbocycles. The summed E-state index contributed by atoms with van der Waals surface area (Å²) in [4.78, 5) is 15.6. The molecule has 26 heavy (non-hydrogen) atoms. The van der Waals surface area contributed by atoms with Crippen LogP contribution in [-0.4, -0.2) is 43.3 Å². The van der Waals surface area contributed by atoms with Crippen molar-refractivity contribution >= 4 is 6.09 Å². The molecule has 2 heterocycles. The number of carbonyl (C=O) groups excluding carboxylic acids is 1. The predicted octanol–water partition coefficient (Wildman–Crippen LogP) is 3.00. The van der Waals surface area contributed by atoms with Gasteiger partial charge < -0.3 is 4.74 Å². The Labute approximate surface area is 152 Å². The normalized spacial score (nSPS) is 17.6. The summed E-state index contributed by atoms with van der Waals surface area (Å²) in [6, 6.07) is 8.81. The SMILES string of the molecule is CC(C)(C)OC(=O)N1CCCCC1c1nnn(-c2cccc(C#N)c2)n1. The summed E-state index contributed by atoms with van der Waals surface area (Å²) in [6.07, 6.45) is 2.32. The van der Waals surface area contributed by atoms with Gasteiger partial charge in [0.15, 0.2) is 5.82 Å². The fourth-order valence-electron chi connectivity index (χ4n) is 2.91. The lowest BCUT2D eigenvalue weighted by Crippen LogP contribution is -2.42. The van der Waals surface area contributed by atoms with Gasteiger partial charge in [0.1, 0.15) is 5.60 Å². The molecule has 0 bridgehead atoms. The largest absolute Gasteiger partial charge is 0.444 e. The molecule has 0 spiro atoms. The molecule has 1 unspecified atom stereocenters. The highest BCUT2D eigenvalue weighted by Crippen LogP contribution is 2.30. The smallest absolute Gasteiger partial charge is 0.410 e. The second-order valence-corrected chi connectivity index (χ2v) is 7.28. The van der Waals surface area contributed by atoms with Crippen molar-refractivity contribution in [1.29, 1.82) is 5.26 Å². The molecule has 8 heteroatoms. The topological polar surface area (TPSA) is 96.9 Å². The van der Waals surface area contributed by atoms with Gasteiger partial charge in [-0.05, 0) is 63.4 Å². The van der Waals surface area contributed by atoms with E-state index in [0.717, 1.165) is 19.3 Å². The van der Waals surface area contributed by atoms with Crippen LogP contribution in [0.2, 0.25) is 0 Å². The Morgan fingerprint density at radius 3 is 2.88 bits per heavy atom. The zero-order chi connectivity index (χ0) is 18.7. The monoisotopic (exact) mass is 354 g/mol. The Kier molecular flexibility index (Phi) is 4.89. The molecular weight excluding hydrogens is 332 g/mol. The number of amides is 1. The van der Waals surface area contributed by atoms with Gasteiger partial charge >= 0.3 is 6.09 Å². The van der Waals surface area contributed by atoms with Crippen LogP contribution in [0, 0.1) is 11.3 Å². The Hall–Kier alpha value is -2.95. The van der Waals surface area contributed by atoms with Gasteiger partial charge in [0.2, 0.25) is 0 Å². The van der Waals surface area contributed by atoms with Crippen molar-refractivity contribution in [3.8, 4) is 11.8 Å². The highest BCUT2D eigenvalue weighted by molar-refractivity contribution is 5.68. The lowest BCUT2D eigenvalue weighted by atomic mass is 10.0. The number of hydrogen-bond acceptors (Lipinski definition) is 6. The molecule has 0 saturated carbocycles. The van der Waals surface area contributed by atoms with E-state index in [-0.39, 0.29) is 12.1 Å². The second kappa shape index (κ2) is 7.12. The highest BCUT2D eigenvalue weighted by atomic mass is 16.6. The number of aromatic nitrogens is 4. The van der Waals surface area contributed by atoms with E-state index in [9.17, 15) is 4.79 Å². The molecule has 0 radical (unpaired) electrons. The maximum atomic E-state index is 12.5. The number of piperidine rings is 1. The summed E-state index contributed by atoms with van der Waals surface area (Å²) in [6.45, 7) is 6.15. The minimum Gasteiger partial charge on any atom is -0.444 e. The third kappa shape index (κ3) is 3.99. The average molecular weight is 354 g/mol. The van der Waals surface area contributed by atoms with Gasteiger partial charge in [0, 0.05) is 6.54 Å². The molecule has 136 valence electrons. The number of rotatable bonds is 2. The van der Waals surface area contributed by atoms with Crippen LogP contribution in [0.3, 0.4) is 0 Å². The first-order valence-electron chi connectivity index (χ1n) is 8.67. The minimum atomic E-state index is -0.554. The zero-order valence-corrected chi connectivity index (χ0v) is 15.2. The van der Waals surface area contributed by atoms with Gasteiger partial charge in [-0.2, -0.15) is 5.26 Å². The predicted molar refractivity (Wildman–Crippen MR) is 93.4 cm³/mol. The fourth-order valence-corrected chi connectivity index (χ4v) is 2.91. The molecule has 1 aliphatic rings. The van der Waals surface area contributed by atoms with E-state index in [1.165, 1.54) is 4.80 Å². The molecule has 0 aliphatic carbocycles. The van der Waals surface area contributed by atoms with E-state index in [1.54, 1.807) is 29.2 Å². The maximum absolute atomic E-state index is 12.5. The van der Waals surface area contributed by atoms with Crippen LogP contribution in [0.15, 0.2) is 24.3 Å². The number of nitrogens with zero attached hydrogens (tertiary/aromatic N) is 6. The third-order valence-corrected chi connectivity index (χ3v) is 4.06. The van der Waals surface area contributed by atoms with Gasteiger partial charge in [-0.1, -0.05) is 6.07 Å². The standard InChI is InChI=1S/C18H22N6O2/c1-18(2,3)26-17(25)23-10-5-4-9-15(23)16-20-22-24(21-16)14-8-6-7-13(11-14)12-19/h6-8,11,15H,4-5,9-10H2,1-3H3. The molecule has 1 saturated heterocycles. The van der Waals surface area contributed by atoms with Crippen LogP contribution < -0.4 is 0 Å². The first kappa shape index (κ1) is 17.9. The van der Waals surface area contributed by atoms with Crippen LogP contribution >= 0.6 is 0 Å². The molecule has 1 atom stereocenters. The molecule has 1 aliphatic heterocycles. The Morgan fingerprint density at radius 1 is 1.35 bits per heavy atom. The summed E-state index contributed by atoms with van der Waals surface area (Å²) in [5, 5.41) is 21.7. The third-order valence-electron chi connectivity index (χ3n) is 4.06. The number of carbonyl (C=O) groups is 1. The van der Waals surface area contributed by atoms with Crippen molar-refractivity contribution in [3.63, 3.8) is 0 Å². The molecule has 8 nitrogen and oxygen atoms in total. The van der Waals surface area contributed by atoms with Gasteiger partial charge in [-0.25, -0.2) is 4.79 Å². The summed E-state index contributed by atoms with van der Waals surface area (Å²) in [5.41, 5.74) is 0.624. The van der Waals surface area contributed by atoms with E-state index < -0.39 is 5.60 Å². The molecule has 0 N–H and O–H groups in total. The minimum absolute atomic E-state index is 0.258. The molecule has 1 amide bonds. The summed E-state index contributed by atoms with van der Waals surface area (Å²) < 4.78 is 5.52. The quantitative estimate of drug-likeness (QED) is 0.822. The van der Waals surface area contributed by atoms with E-state index in [2.05, 4.69) is 21.5 Å². The van der Waals surface area contributed by atoms with Crippen molar-refractivity contribution in [2.45, 2.75) is 51.7 Å². The van der Waals surface area contributed by atoms with Gasteiger partial charge in [-0.3, -0.25) is 4.90 Å². The van der Waals surface area contributed by atoms with Gasteiger partial charge in [-0.15, -0.1) is 15.0 Å². The number of likely N-dealkylation sites (tertiary alicyclic amines) is 1. The molecule has 3 rings (SSSR count). The van der Waals surface area contributed by atoms with Crippen molar-refractivity contribution in [1.82, 2.24) is 25.1 Å². The molecule has 2 aromatic rings. The molecule has 1 fully saturated rings. The Morgan fingerprint density at radius 2 is 2.15 bits per heavy atom. The average Bonchev–Trinajstić information content (AvgIpc) is 3.10. The Balaban J connectivity index is 1.84. The second-order valence-electron chi connectivity index (χ2n) is 7.28. The fraction of sp³-hybridized carbons (Fsp3) is 0.500. The number of hydrogen-bond donors (Lipinski definition) is 0. The first-order chi connectivity index (χ1) is 12.4. The van der Waals surface area contributed by atoms with Crippen LogP contribution in [0.4, 0.5) is 4.79 Å². The zero-order valence-electron chi connectivity index (χ0n) is 15.2. The van der Waals surface area contributed by atoms with Crippen LogP contribution in [-0.2, 0) is 4.74 Å². The highest BCUT2D eigenvalue weighted by Gasteiger charge is 2.34. The Bertz CT molecular complexity index is 833. The van der Waals surface area contributed by atoms with E-state index >= 15 is 0 Å². The summed E-state index contributed by atoms with van der Waals surface area (Å²) in [5.74, 6) is 0.484. The molecular formula is C18H22N6O2. The van der Waals surface area contributed by atoms with E-state index in [4.69, 9.17) is 10.00 Å². The molecule has 1 aromatic heterocycles. The van der Waals surface area contributed by atoms with Crippen LogP contribution in [0.25, 0.3) is 5.69 Å². The number of benzene rings is 1. The van der Waals surface area contributed by atoms with Gasteiger partial charge in [0.25, 0.3) is 0 Å². The van der Waals surface area contributed by atoms with E-state index in [1.807, 2.05) is 20.8 Å². The van der Waals surface area contributed by atoms with Crippen molar-refractivity contribution in [3.05, 3.63) is 35.7 Å². The summed E-state index contributed by atoms with van der Waals surface area (Å²) >= 11 is 0. The van der Waals surface area contributed by atoms with Gasteiger partial charge in [0.05, 0.1) is 23.4 Å². The van der Waals surface area contributed by atoms with Crippen molar-refractivity contribution < 1.29 is 9.53 Å². The van der Waals surface area contributed by atoms with Crippen molar-refractivity contribution in [2.24, 2.45) is 0 Å².